The summed E-state index contributed by atoms with van der Waals surface area (Å²) in [4.78, 5) is 5.18. The van der Waals surface area contributed by atoms with Crippen LogP contribution in [0.15, 0.2) is 26.8 Å². The number of nitrogens with zero attached hydrogens (tertiary/aromatic N) is 2. The number of nitrogens with one attached hydrogen (secondary N) is 1. The Morgan fingerprint density at radius 2 is 2.43 bits per heavy atom. The molecule has 0 atom stereocenters. The van der Waals surface area contributed by atoms with Gasteiger partial charge in [0.1, 0.15) is 0 Å². The van der Waals surface area contributed by atoms with Gasteiger partial charge >= 0.3 is 0 Å². The van der Waals surface area contributed by atoms with Crippen LogP contribution in [-0.4, -0.2) is 10.1 Å². The Morgan fingerprint density at radius 1 is 1.50 bits per heavy atom. The van der Waals surface area contributed by atoms with E-state index in [-0.39, 0.29) is 0 Å². The lowest BCUT2D eigenvalue weighted by atomic mass is 10.4. The molecule has 0 aliphatic rings. The third-order valence-electron chi connectivity index (χ3n) is 1.67. The minimum Gasteiger partial charge on any atom is -0.343 e. The lowest BCUT2D eigenvalue weighted by molar-refractivity contribution is 0.407. The van der Waals surface area contributed by atoms with Gasteiger partial charge in [-0.25, -0.2) is 0 Å². The summed E-state index contributed by atoms with van der Waals surface area (Å²) in [5.74, 6) is 0.678. The molecule has 0 amide bonds. The summed E-state index contributed by atoms with van der Waals surface area (Å²) in [6.07, 6.45) is 1.33. The van der Waals surface area contributed by atoms with Crippen LogP contribution in [0.1, 0.15) is 10.7 Å². The summed E-state index contributed by atoms with van der Waals surface area (Å²) < 4.78 is 5.76. The van der Waals surface area contributed by atoms with Gasteiger partial charge in [0.2, 0.25) is 6.39 Å². The molecule has 0 radical (unpaired) electrons. The molecule has 4 nitrogen and oxygen atoms in total. The zero-order chi connectivity index (χ0) is 9.80. The van der Waals surface area contributed by atoms with E-state index >= 15 is 0 Å². The van der Waals surface area contributed by atoms with Gasteiger partial charge in [0.25, 0.3) is 0 Å². The van der Waals surface area contributed by atoms with Crippen LogP contribution in [0, 0.1) is 0 Å². The molecule has 6 heteroatoms. The number of thiophene rings is 1. The molecule has 0 unspecified atom stereocenters. The molecule has 2 rings (SSSR count). The van der Waals surface area contributed by atoms with Crippen molar-refractivity contribution < 1.29 is 4.52 Å². The molecular weight excluding hydrogens is 266 g/mol. The molecule has 0 saturated heterocycles. The largest absolute Gasteiger partial charge is 0.343 e. The highest BCUT2D eigenvalue weighted by Gasteiger charge is 2.01. The molecule has 0 fully saturated rings. The molecule has 14 heavy (non-hydrogen) atoms. The van der Waals surface area contributed by atoms with Gasteiger partial charge in [0.15, 0.2) is 5.82 Å². The maximum Gasteiger partial charge on any atom is 0.213 e. The van der Waals surface area contributed by atoms with E-state index in [1.807, 2.05) is 6.07 Å². The highest BCUT2D eigenvalue weighted by molar-refractivity contribution is 9.10. The molecule has 0 saturated carbocycles. The van der Waals surface area contributed by atoms with Crippen LogP contribution in [0.2, 0.25) is 0 Å². The molecule has 0 bridgehead atoms. The SMILES string of the molecule is Brc1ccsc1CNCc1ncon1. The molecule has 2 aromatic rings. The summed E-state index contributed by atoms with van der Waals surface area (Å²) >= 11 is 5.18. The Balaban J connectivity index is 1.81. The summed E-state index contributed by atoms with van der Waals surface area (Å²) in [7, 11) is 0. The maximum atomic E-state index is 4.62. The van der Waals surface area contributed by atoms with Gasteiger partial charge in [-0.15, -0.1) is 11.3 Å². The summed E-state index contributed by atoms with van der Waals surface area (Å²) in [5.41, 5.74) is 0. The predicted octanol–water partition coefficient (Wildman–Crippen LogP) is 2.18. The van der Waals surface area contributed by atoms with Crippen molar-refractivity contribution in [3.8, 4) is 0 Å². The summed E-state index contributed by atoms with van der Waals surface area (Å²) in [6.45, 7) is 1.44. The van der Waals surface area contributed by atoms with Crippen molar-refractivity contribution in [3.63, 3.8) is 0 Å². The van der Waals surface area contributed by atoms with Gasteiger partial charge in [-0.3, -0.25) is 0 Å². The fraction of sp³-hybridized carbons (Fsp3) is 0.250. The highest BCUT2D eigenvalue weighted by Crippen LogP contribution is 2.22. The minimum atomic E-state index is 0.626. The average Bonchev–Trinajstić information content (AvgIpc) is 2.78. The van der Waals surface area contributed by atoms with Crippen LogP contribution >= 0.6 is 27.3 Å². The predicted molar refractivity (Wildman–Crippen MR) is 56.9 cm³/mol. The number of halogens is 1. The van der Waals surface area contributed by atoms with Crippen molar-refractivity contribution in [2.45, 2.75) is 13.1 Å². The molecular formula is C8H8BrN3OS. The van der Waals surface area contributed by atoms with Crippen molar-refractivity contribution in [1.29, 1.82) is 0 Å². The van der Waals surface area contributed by atoms with Gasteiger partial charge in [-0.1, -0.05) is 5.16 Å². The van der Waals surface area contributed by atoms with E-state index in [1.165, 1.54) is 11.3 Å². The molecule has 0 spiro atoms. The summed E-state index contributed by atoms with van der Waals surface area (Å²) in [6, 6.07) is 2.04. The van der Waals surface area contributed by atoms with E-state index in [2.05, 4.69) is 41.3 Å². The van der Waals surface area contributed by atoms with Crippen molar-refractivity contribution in [3.05, 3.63) is 33.0 Å². The van der Waals surface area contributed by atoms with Crippen LogP contribution in [0.25, 0.3) is 0 Å². The first kappa shape index (κ1) is 9.82. The van der Waals surface area contributed by atoms with Crippen LogP contribution in [0.5, 0.6) is 0 Å². The van der Waals surface area contributed by atoms with Crippen molar-refractivity contribution in [1.82, 2.24) is 15.5 Å². The van der Waals surface area contributed by atoms with Gasteiger partial charge in [-0.2, -0.15) is 4.98 Å². The van der Waals surface area contributed by atoms with Crippen molar-refractivity contribution in [2.24, 2.45) is 0 Å². The van der Waals surface area contributed by atoms with Gasteiger partial charge in [0, 0.05) is 15.9 Å². The lowest BCUT2D eigenvalue weighted by Crippen LogP contribution is -2.12. The normalized spacial score (nSPS) is 10.6. The van der Waals surface area contributed by atoms with E-state index in [4.69, 9.17) is 0 Å². The monoisotopic (exact) mass is 273 g/mol. The highest BCUT2D eigenvalue weighted by atomic mass is 79.9. The molecule has 74 valence electrons. The Labute approximate surface area is 93.5 Å². The van der Waals surface area contributed by atoms with E-state index in [0.29, 0.717) is 12.4 Å². The third kappa shape index (κ3) is 2.40. The third-order valence-corrected chi connectivity index (χ3v) is 3.59. The summed E-state index contributed by atoms with van der Waals surface area (Å²) in [5, 5.41) is 8.98. The standard InChI is InChI=1S/C8H8BrN3OS/c9-6-1-2-14-7(6)3-10-4-8-11-5-13-12-8/h1-2,5,10H,3-4H2. The molecule has 0 aromatic carbocycles. The van der Waals surface area contributed by atoms with Crippen molar-refractivity contribution >= 4 is 27.3 Å². The van der Waals surface area contributed by atoms with E-state index in [0.717, 1.165) is 11.0 Å². The maximum absolute atomic E-state index is 4.62. The van der Waals surface area contributed by atoms with E-state index in [9.17, 15) is 0 Å². The zero-order valence-electron chi connectivity index (χ0n) is 7.24. The van der Waals surface area contributed by atoms with Crippen LogP contribution < -0.4 is 5.32 Å². The molecule has 1 N–H and O–H groups in total. The first-order valence-electron chi connectivity index (χ1n) is 4.04. The van der Waals surface area contributed by atoms with E-state index < -0.39 is 0 Å². The first-order valence-corrected chi connectivity index (χ1v) is 5.71. The fourth-order valence-corrected chi connectivity index (χ4v) is 2.47. The van der Waals surface area contributed by atoms with Crippen LogP contribution in [0.3, 0.4) is 0 Å². The minimum absolute atomic E-state index is 0.626. The van der Waals surface area contributed by atoms with Gasteiger partial charge in [0.05, 0.1) is 6.54 Å². The number of aromatic nitrogens is 2. The fourth-order valence-electron chi connectivity index (χ4n) is 1.01. The Kier molecular flexibility index (Phi) is 3.28. The second kappa shape index (κ2) is 4.68. The van der Waals surface area contributed by atoms with E-state index in [1.54, 1.807) is 11.3 Å². The molecule has 0 aliphatic carbocycles. The Hall–Kier alpha value is -0.720. The smallest absolute Gasteiger partial charge is 0.213 e. The quantitative estimate of drug-likeness (QED) is 0.928. The van der Waals surface area contributed by atoms with Crippen LogP contribution in [-0.2, 0) is 13.1 Å². The zero-order valence-corrected chi connectivity index (χ0v) is 9.64. The first-order chi connectivity index (χ1) is 6.86. The second-order valence-corrected chi connectivity index (χ2v) is 4.50. The Bertz CT molecular complexity index is 387. The number of hydrogen-bond donors (Lipinski definition) is 1. The average molecular weight is 274 g/mol. The van der Waals surface area contributed by atoms with Gasteiger partial charge < -0.3 is 9.84 Å². The lowest BCUT2D eigenvalue weighted by Gasteiger charge is -1.99. The van der Waals surface area contributed by atoms with Crippen LogP contribution in [0.4, 0.5) is 0 Å². The number of hydrogen-bond acceptors (Lipinski definition) is 5. The Morgan fingerprint density at radius 3 is 3.07 bits per heavy atom. The molecule has 2 heterocycles. The van der Waals surface area contributed by atoms with Gasteiger partial charge in [-0.05, 0) is 27.4 Å². The topological polar surface area (TPSA) is 51.0 Å². The number of rotatable bonds is 4. The molecule has 0 aliphatic heterocycles. The molecule has 2 aromatic heterocycles. The second-order valence-electron chi connectivity index (χ2n) is 2.64. The van der Waals surface area contributed by atoms with Crippen molar-refractivity contribution in [2.75, 3.05) is 0 Å².